The van der Waals surface area contributed by atoms with E-state index in [-0.39, 0.29) is 0 Å². The van der Waals surface area contributed by atoms with Crippen molar-refractivity contribution in [2.45, 2.75) is 23.9 Å². The first kappa shape index (κ1) is 7.46. The van der Waals surface area contributed by atoms with Gasteiger partial charge < -0.3 is 0 Å². The molecule has 0 saturated carbocycles. The normalized spacial score (nSPS) is 34.1. The van der Waals surface area contributed by atoms with Crippen molar-refractivity contribution in [1.29, 1.82) is 0 Å². The van der Waals surface area contributed by atoms with Gasteiger partial charge in [-0.25, -0.2) is 0 Å². The molecule has 0 aromatic rings. The molecule has 0 fully saturated rings. The molecular formula is C8H11In. The second-order valence-corrected chi connectivity index (χ2v) is 6.35. The van der Waals surface area contributed by atoms with Crippen molar-refractivity contribution >= 4 is 24.4 Å². The predicted octanol–water partition coefficient (Wildman–Crippen LogP) is 2.24. The van der Waals surface area contributed by atoms with Crippen molar-refractivity contribution in [2.75, 3.05) is 0 Å². The van der Waals surface area contributed by atoms with Crippen molar-refractivity contribution in [1.82, 2.24) is 0 Å². The quantitative estimate of drug-likeness (QED) is 0.589. The number of allylic oxidation sites excluding steroid dienone is 4. The molecule has 0 aromatic carbocycles. The zero-order valence-electron chi connectivity index (χ0n) is 6.23. The van der Waals surface area contributed by atoms with Crippen LogP contribution in [0.4, 0.5) is 0 Å². The third kappa shape index (κ3) is 1.26. The van der Waals surface area contributed by atoms with Crippen LogP contribution in [-0.4, -0.2) is 24.4 Å². The van der Waals surface area contributed by atoms with Gasteiger partial charge in [-0.2, -0.15) is 0 Å². The average molecular weight is 222 g/mol. The van der Waals surface area contributed by atoms with Gasteiger partial charge in [0, 0.05) is 0 Å². The summed E-state index contributed by atoms with van der Waals surface area (Å²) in [7, 11) is 0. The molecule has 0 nitrogen and oxygen atoms in total. The Balaban J connectivity index is 3.01. The van der Waals surface area contributed by atoms with E-state index in [1.165, 1.54) is 29.9 Å². The Bertz CT molecular complexity index is 185. The maximum atomic E-state index is 2.32. The number of rotatable bonds is 0. The standard InChI is InChI=1S/C8H11.In/c1-6-4-5-7(2)8(6)3;/h4-5H,1-3H3;. The zero-order chi connectivity index (χ0) is 7.07. The molecule has 0 aliphatic heterocycles. The average Bonchev–Trinajstić information content (AvgIpc) is 1.97. The Labute approximate surface area is 71.6 Å². The maximum absolute atomic E-state index is 2.32. The van der Waals surface area contributed by atoms with Gasteiger partial charge in [0.25, 0.3) is 0 Å². The van der Waals surface area contributed by atoms with Crippen LogP contribution in [0.25, 0.3) is 0 Å². The molecule has 0 amide bonds. The molecule has 1 aliphatic carbocycles. The second-order valence-electron chi connectivity index (χ2n) is 2.92. The van der Waals surface area contributed by atoms with Crippen molar-refractivity contribution in [2.24, 2.45) is 0 Å². The summed E-state index contributed by atoms with van der Waals surface area (Å²) in [6.07, 6.45) is 4.56. The Morgan fingerprint density at radius 1 is 1.44 bits per heavy atom. The van der Waals surface area contributed by atoms with Gasteiger partial charge in [-0.15, -0.1) is 0 Å². The van der Waals surface area contributed by atoms with Crippen molar-refractivity contribution < 1.29 is 0 Å². The Morgan fingerprint density at radius 3 is 2.11 bits per heavy atom. The topological polar surface area (TPSA) is 0 Å². The third-order valence-electron chi connectivity index (χ3n) is 2.08. The summed E-state index contributed by atoms with van der Waals surface area (Å²) >= 11 is 1.30. The van der Waals surface area contributed by atoms with Crippen molar-refractivity contribution in [3.63, 3.8) is 0 Å². The van der Waals surface area contributed by atoms with Gasteiger partial charge in [0.2, 0.25) is 0 Å². The fourth-order valence-electron chi connectivity index (χ4n) is 0.973. The van der Waals surface area contributed by atoms with Gasteiger partial charge >= 0.3 is 71.6 Å². The molecule has 0 N–H and O–H groups in total. The molecule has 0 heterocycles. The van der Waals surface area contributed by atoms with Crippen LogP contribution >= 0.6 is 0 Å². The molecule has 46 valence electrons. The van der Waals surface area contributed by atoms with Crippen LogP contribution in [0.3, 0.4) is 0 Å². The van der Waals surface area contributed by atoms with Gasteiger partial charge in [-0.05, 0) is 0 Å². The van der Waals surface area contributed by atoms with Crippen molar-refractivity contribution in [3.05, 3.63) is 23.3 Å². The molecule has 0 saturated heterocycles. The van der Waals surface area contributed by atoms with Gasteiger partial charge in [-0.1, -0.05) is 0 Å². The molecule has 1 atom stereocenters. The Kier molecular flexibility index (Phi) is 1.82. The van der Waals surface area contributed by atoms with E-state index in [0.717, 1.165) is 0 Å². The van der Waals surface area contributed by atoms with Gasteiger partial charge in [-0.3, -0.25) is 0 Å². The van der Waals surface area contributed by atoms with Crippen LogP contribution in [0.2, 0.25) is 3.17 Å². The van der Waals surface area contributed by atoms with E-state index in [9.17, 15) is 0 Å². The number of hydrogen-bond donors (Lipinski definition) is 0. The zero-order valence-corrected chi connectivity index (χ0v) is 9.53. The van der Waals surface area contributed by atoms with E-state index in [0.29, 0.717) is 3.17 Å². The van der Waals surface area contributed by atoms with E-state index in [1.54, 1.807) is 5.57 Å². The first-order chi connectivity index (χ1) is 4.04. The molecule has 1 unspecified atom stereocenters. The molecule has 0 spiro atoms. The summed E-state index contributed by atoms with van der Waals surface area (Å²) < 4.78 is 0.453. The molecular weight excluding hydrogens is 211 g/mol. The molecule has 1 heteroatoms. The predicted molar refractivity (Wildman–Crippen MR) is 41.6 cm³/mol. The Morgan fingerprint density at radius 2 is 2.00 bits per heavy atom. The fraction of sp³-hybridized carbons (Fsp3) is 0.500. The molecule has 2 radical (unpaired) electrons. The van der Waals surface area contributed by atoms with Crippen LogP contribution in [0.15, 0.2) is 23.3 Å². The van der Waals surface area contributed by atoms with Crippen LogP contribution in [0.5, 0.6) is 0 Å². The van der Waals surface area contributed by atoms with E-state index < -0.39 is 0 Å². The summed E-state index contributed by atoms with van der Waals surface area (Å²) in [5.74, 6) is 0. The molecule has 9 heavy (non-hydrogen) atoms. The van der Waals surface area contributed by atoms with Crippen LogP contribution in [0.1, 0.15) is 20.8 Å². The number of hydrogen-bond acceptors (Lipinski definition) is 0. The molecule has 1 rings (SSSR count). The second kappa shape index (κ2) is 2.19. The van der Waals surface area contributed by atoms with Gasteiger partial charge in [0.15, 0.2) is 0 Å². The summed E-state index contributed by atoms with van der Waals surface area (Å²) in [4.78, 5) is 0. The first-order valence-electron chi connectivity index (χ1n) is 3.20. The van der Waals surface area contributed by atoms with E-state index in [4.69, 9.17) is 0 Å². The summed E-state index contributed by atoms with van der Waals surface area (Å²) in [6.45, 7) is 6.73. The van der Waals surface area contributed by atoms with E-state index >= 15 is 0 Å². The molecule has 1 aliphatic rings. The van der Waals surface area contributed by atoms with Crippen LogP contribution in [0, 0.1) is 0 Å². The minimum atomic E-state index is 0.453. The summed E-state index contributed by atoms with van der Waals surface area (Å²) in [6, 6.07) is 0. The van der Waals surface area contributed by atoms with Gasteiger partial charge in [0.1, 0.15) is 0 Å². The summed E-state index contributed by atoms with van der Waals surface area (Å²) in [5, 5.41) is 0. The Hall–Kier alpha value is 0.350. The molecule has 0 aromatic heterocycles. The van der Waals surface area contributed by atoms with E-state index in [1.807, 2.05) is 0 Å². The van der Waals surface area contributed by atoms with Gasteiger partial charge in [0.05, 0.1) is 0 Å². The first-order valence-corrected chi connectivity index (χ1v) is 4.85. The molecule has 0 bridgehead atoms. The summed E-state index contributed by atoms with van der Waals surface area (Å²) in [5.41, 5.74) is 3.02. The van der Waals surface area contributed by atoms with E-state index in [2.05, 4.69) is 32.9 Å². The van der Waals surface area contributed by atoms with Crippen molar-refractivity contribution in [3.8, 4) is 0 Å². The third-order valence-corrected chi connectivity index (χ3v) is 3.86. The van der Waals surface area contributed by atoms with Crippen LogP contribution in [-0.2, 0) is 0 Å². The minimum absolute atomic E-state index is 0.453. The fourth-order valence-corrected chi connectivity index (χ4v) is 1.90. The SMILES string of the molecule is CC1=C(C)[C](C)([In])C=C1. The monoisotopic (exact) mass is 222 g/mol. The van der Waals surface area contributed by atoms with Crippen LogP contribution < -0.4 is 0 Å².